The van der Waals surface area contributed by atoms with Gasteiger partial charge in [-0.15, -0.1) is 0 Å². The highest BCUT2D eigenvalue weighted by Gasteiger charge is 2.55. The molecule has 7 nitrogen and oxygen atoms in total. The predicted octanol–water partition coefficient (Wildman–Crippen LogP) is 0.965. The fraction of sp³-hybridized carbons (Fsp3) is 0.857. The van der Waals surface area contributed by atoms with Crippen molar-refractivity contribution in [2.75, 3.05) is 6.67 Å². The van der Waals surface area contributed by atoms with E-state index in [2.05, 4.69) is 0 Å². The van der Waals surface area contributed by atoms with E-state index in [0.29, 0.717) is 0 Å². The van der Waals surface area contributed by atoms with Gasteiger partial charge in [0, 0.05) is 6.42 Å². The molecule has 0 bridgehead atoms. The second-order valence-electron chi connectivity index (χ2n) is 3.14. The van der Waals surface area contributed by atoms with Crippen molar-refractivity contribution in [1.82, 2.24) is 0 Å². The van der Waals surface area contributed by atoms with E-state index in [1.807, 2.05) is 0 Å². The highest BCUT2D eigenvalue weighted by atomic mass is 19.1. The summed E-state index contributed by atoms with van der Waals surface area (Å²) in [4.78, 5) is 29.4. The minimum atomic E-state index is -2.57. The van der Waals surface area contributed by atoms with Crippen LogP contribution in [0.5, 0.6) is 0 Å². The molecule has 86 valence electrons. The maximum atomic E-state index is 12.0. The van der Waals surface area contributed by atoms with E-state index >= 15 is 0 Å². The molecular weight excluding hydrogens is 211 g/mol. The van der Waals surface area contributed by atoms with Gasteiger partial charge in [-0.2, -0.15) is 0 Å². The van der Waals surface area contributed by atoms with Crippen LogP contribution in [0, 0.1) is 20.2 Å². The zero-order chi connectivity index (χ0) is 12.1. The number of carbonyl (C=O) groups excluding carboxylic acids is 1. The lowest BCUT2D eigenvalue weighted by Crippen LogP contribution is -2.47. The highest BCUT2D eigenvalue weighted by Crippen LogP contribution is 2.23. The molecule has 0 atom stereocenters. The van der Waals surface area contributed by atoms with Crippen LogP contribution in [0.1, 0.15) is 26.2 Å². The van der Waals surface area contributed by atoms with Crippen molar-refractivity contribution in [1.29, 1.82) is 0 Å². The maximum absolute atomic E-state index is 12.0. The summed E-state index contributed by atoms with van der Waals surface area (Å²) in [5, 5.41) is 21.1. The van der Waals surface area contributed by atoms with Gasteiger partial charge in [0.15, 0.2) is 0 Å². The van der Waals surface area contributed by atoms with Crippen LogP contribution >= 0.6 is 0 Å². The molecular formula is C7H11FN2O5. The van der Waals surface area contributed by atoms with Crippen LogP contribution < -0.4 is 0 Å². The Labute approximate surface area is 84.6 Å². The number of nitro groups is 2. The minimum absolute atomic E-state index is 0.304. The monoisotopic (exact) mass is 222 g/mol. The molecule has 0 N–H and O–H groups in total. The fourth-order valence-electron chi connectivity index (χ4n) is 1.08. The summed E-state index contributed by atoms with van der Waals surface area (Å²) in [6, 6.07) is 0. The highest BCUT2D eigenvalue weighted by molar-refractivity contribution is 5.75. The Kier molecular flexibility index (Phi) is 4.75. The number of halogens is 1. The number of alkyl halides is 1. The molecule has 0 saturated carbocycles. The summed E-state index contributed by atoms with van der Waals surface area (Å²) in [6.07, 6.45) is -1.70. The van der Waals surface area contributed by atoms with Crippen molar-refractivity contribution >= 4 is 5.78 Å². The van der Waals surface area contributed by atoms with E-state index < -0.39 is 40.8 Å². The molecule has 0 unspecified atom stereocenters. The first-order valence-corrected chi connectivity index (χ1v) is 4.21. The molecule has 0 aliphatic carbocycles. The Hall–Kier alpha value is -1.60. The third-order valence-corrected chi connectivity index (χ3v) is 2.05. The molecule has 8 heteroatoms. The quantitative estimate of drug-likeness (QED) is 0.362. The average molecular weight is 222 g/mol. The van der Waals surface area contributed by atoms with Crippen molar-refractivity contribution < 1.29 is 19.0 Å². The van der Waals surface area contributed by atoms with Crippen LogP contribution in [0.25, 0.3) is 0 Å². The van der Waals surface area contributed by atoms with Crippen molar-refractivity contribution in [2.24, 2.45) is 0 Å². The molecule has 15 heavy (non-hydrogen) atoms. The van der Waals surface area contributed by atoms with Crippen molar-refractivity contribution in [2.45, 2.75) is 31.8 Å². The SMILES string of the molecule is CC(=O)CCC(CCF)([N+](=O)[O-])[N+](=O)[O-]. The molecule has 0 aromatic heterocycles. The van der Waals surface area contributed by atoms with Crippen LogP contribution in [0.4, 0.5) is 4.39 Å². The predicted molar refractivity (Wildman–Crippen MR) is 47.2 cm³/mol. The molecule has 0 amide bonds. The molecule has 0 spiro atoms. The van der Waals surface area contributed by atoms with E-state index in [9.17, 15) is 29.4 Å². The Balaban J connectivity index is 4.87. The standard InChI is InChI=1S/C7H11FN2O5/c1-6(11)2-3-7(4-5-8,9(12)13)10(14)15/h2-5H2,1H3. The van der Waals surface area contributed by atoms with Gasteiger partial charge in [-0.05, 0) is 6.92 Å². The largest absolute Gasteiger partial charge is 0.461 e. The molecule has 0 radical (unpaired) electrons. The fourth-order valence-corrected chi connectivity index (χ4v) is 1.08. The first-order valence-electron chi connectivity index (χ1n) is 4.21. The summed E-state index contributed by atoms with van der Waals surface area (Å²) in [7, 11) is 0. The lowest BCUT2D eigenvalue weighted by Gasteiger charge is -2.14. The van der Waals surface area contributed by atoms with E-state index in [1.165, 1.54) is 6.92 Å². The summed E-state index contributed by atoms with van der Waals surface area (Å²) in [5.41, 5.74) is -2.57. The number of hydrogen-bond acceptors (Lipinski definition) is 5. The first kappa shape index (κ1) is 13.4. The second kappa shape index (κ2) is 5.32. The van der Waals surface area contributed by atoms with Gasteiger partial charge in [-0.3, -0.25) is 24.6 Å². The van der Waals surface area contributed by atoms with Gasteiger partial charge in [0.2, 0.25) is 0 Å². The molecule has 0 aliphatic heterocycles. The van der Waals surface area contributed by atoms with Gasteiger partial charge in [0.25, 0.3) is 0 Å². The van der Waals surface area contributed by atoms with Gasteiger partial charge in [0.1, 0.15) is 18.9 Å². The van der Waals surface area contributed by atoms with E-state index in [4.69, 9.17) is 0 Å². The lowest BCUT2D eigenvalue weighted by atomic mass is 10.0. The zero-order valence-corrected chi connectivity index (χ0v) is 8.14. The molecule has 0 aliphatic rings. The smallest absolute Gasteiger partial charge is 0.300 e. The number of ketones is 1. The zero-order valence-electron chi connectivity index (χ0n) is 8.14. The van der Waals surface area contributed by atoms with Gasteiger partial charge in [-0.25, -0.2) is 0 Å². The summed E-state index contributed by atoms with van der Waals surface area (Å²) < 4.78 is 12.0. The van der Waals surface area contributed by atoms with Crippen molar-refractivity contribution in [3.63, 3.8) is 0 Å². The van der Waals surface area contributed by atoms with Crippen molar-refractivity contribution in [3.8, 4) is 0 Å². The number of nitrogens with zero attached hydrogens (tertiary/aromatic N) is 2. The van der Waals surface area contributed by atoms with Gasteiger partial charge >= 0.3 is 5.66 Å². The second-order valence-corrected chi connectivity index (χ2v) is 3.14. The Morgan fingerprint density at radius 1 is 1.27 bits per heavy atom. The van der Waals surface area contributed by atoms with Gasteiger partial charge in [-0.1, -0.05) is 0 Å². The molecule has 0 aromatic rings. The summed E-state index contributed by atoms with van der Waals surface area (Å²) in [5.74, 6) is -0.401. The first-order chi connectivity index (χ1) is 6.86. The molecule has 0 heterocycles. The average Bonchev–Trinajstić information content (AvgIpc) is 2.10. The Morgan fingerprint density at radius 3 is 2.00 bits per heavy atom. The maximum Gasteiger partial charge on any atom is 0.461 e. The summed E-state index contributed by atoms with van der Waals surface area (Å²) >= 11 is 0. The topological polar surface area (TPSA) is 103 Å². The third kappa shape index (κ3) is 3.22. The number of hydrogen-bond donors (Lipinski definition) is 0. The molecule has 0 saturated heterocycles. The van der Waals surface area contributed by atoms with Gasteiger partial charge < -0.3 is 4.79 Å². The molecule has 0 aromatic carbocycles. The van der Waals surface area contributed by atoms with Crippen LogP contribution in [0.2, 0.25) is 0 Å². The number of Topliss-reactive ketones (excluding diaryl/α,β-unsaturated/α-hetero) is 1. The Bertz CT molecular complexity index is 267. The van der Waals surface area contributed by atoms with Crippen LogP contribution in [-0.2, 0) is 4.79 Å². The van der Waals surface area contributed by atoms with Crippen LogP contribution in [0.3, 0.4) is 0 Å². The number of carbonyl (C=O) groups is 1. The Morgan fingerprint density at radius 2 is 1.73 bits per heavy atom. The van der Waals surface area contributed by atoms with E-state index in [1.54, 1.807) is 0 Å². The lowest BCUT2D eigenvalue weighted by molar-refractivity contribution is -0.798. The minimum Gasteiger partial charge on any atom is -0.300 e. The normalized spacial score (nSPS) is 11.1. The van der Waals surface area contributed by atoms with Gasteiger partial charge in [0.05, 0.1) is 16.3 Å². The summed E-state index contributed by atoms with van der Waals surface area (Å²) in [6.45, 7) is -0.0000378. The number of rotatable bonds is 7. The van der Waals surface area contributed by atoms with Crippen LogP contribution in [-0.4, -0.2) is 28.0 Å². The van der Waals surface area contributed by atoms with E-state index in [0.717, 1.165) is 0 Å². The molecule has 0 rings (SSSR count). The van der Waals surface area contributed by atoms with Crippen LogP contribution in [0.15, 0.2) is 0 Å². The third-order valence-electron chi connectivity index (χ3n) is 2.05. The molecule has 0 fully saturated rings. The van der Waals surface area contributed by atoms with E-state index in [-0.39, 0.29) is 6.42 Å². The van der Waals surface area contributed by atoms with Crippen molar-refractivity contribution in [3.05, 3.63) is 20.2 Å².